The molecule has 1 aliphatic carbocycles. The summed E-state index contributed by atoms with van der Waals surface area (Å²) in [6.45, 7) is 0. The minimum absolute atomic E-state index is 0.287. The maximum atomic E-state index is 12.4. The van der Waals surface area contributed by atoms with Gasteiger partial charge in [-0.25, -0.2) is 9.97 Å². The van der Waals surface area contributed by atoms with Crippen molar-refractivity contribution in [2.24, 2.45) is 0 Å². The molecule has 0 bridgehead atoms. The van der Waals surface area contributed by atoms with Crippen LogP contribution in [0.25, 0.3) is 5.78 Å². The fourth-order valence-corrected chi connectivity index (χ4v) is 2.90. The highest BCUT2D eigenvalue weighted by Crippen LogP contribution is 2.31. The lowest BCUT2D eigenvalue weighted by molar-refractivity contribution is 0.0854. The number of rotatable bonds is 2. The van der Waals surface area contributed by atoms with E-state index < -0.39 is 12.1 Å². The van der Waals surface area contributed by atoms with Crippen LogP contribution in [0.4, 0.5) is 0 Å². The molecular weight excluding hydrogens is 280 g/mol. The number of carbonyl (C=O) groups excluding carboxylic acids is 1. The minimum atomic E-state index is -0.614. The molecule has 110 valence electrons. The number of benzene rings is 1. The first-order chi connectivity index (χ1) is 10.7. The summed E-state index contributed by atoms with van der Waals surface area (Å²) in [5, 5.41) is 13.1. The molecule has 0 spiro atoms. The van der Waals surface area contributed by atoms with Crippen LogP contribution in [-0.4, -0.2) is 31.5 Å². The van der Waals surface area contributed by atoms with E-state index in [4.69, 9.17) is 0 Å². The van der Waals surface area contributed by atoms with E-state index in [1.54, 1.807) is 29.1 Å². The molecule has 2 N–H and O–H groups in total. The Morgan fingerprint density at radius 3 is 3.05 bits per heavy atom. The van der Waals surface area contributed by atoms with Gasteiger partial charge in [-0.1, -0.05) is 24.3 Å². The van der Waals surface area contributed by atoms with Gasteiger partial charge >= 0.3 is 0 Å². The minimum Gasteiger partial charge on any atom is -0.390 e. The number of carbonyl (C=O) groups is 1. The Morgan fingerprint density at radius 2 is 2.18 bits per heavy atom. The molecule has 0 aliphatic heterocycles. The summed E-state index contributed by atoms with van der Waals surface area (Å²) >= 11 is 0. The molecule has 2 atom stereocenters. The summed E-state index contributed by atoms with van der Waals surface area (Å²) in [7, 11) is 0. The monoisotopic (exact) mass is 294 g/mol. The van der Waals surface area contributed by atoms with Gasteiger partial charge in [0.2, 0.25) is 5.78 Å². The summed E-state index contributed by atoms with van der Waals surface area (Å²) < 4.78 is 1.69. The smallest absolute Gasteiger partial charge is 0.272 e. The molecule has 4 rings (SSSR count). The maximum absolute atomic E-state index is 12.4. The Balaban J connectivity index is 1.62. The Labute approximate surface area is 126 Å². The lowest BCUT2D eigenvalue weighted by Crippen LogP contribution is -2.34. The lowest BCUT2D eigenvalue weighted by Gasteiger charge is -2.17. The number of imidazole rings is 1. The molecule has 6 nitrogen and oxygen atoms in total. The normalized spacial score (nSPS) is 20.0. The summed E-state index contributed by atoms with van der Waals surface area (Å²) in [6, 6.07) is 9.12. The van der Waals surface area contributed by atoms with Crippen molar-refractivity contribution in [1.82, 2.24) is 19.7 Å². The highest BCUT2D eigenvalue weighted by molar-refractivity contribution is 5.93. The second-order valence-electron chi connectivity index (χ2n) is 5.37. The summed E-state index contributed by atoms with van der Waals surface area (Å²) in [4.78, 5) is 20.7. The van der Waals surface area contributed by atoms with E-state index in [1.807, 2.05) is 24.3 Å². The van der Waals surface area contributed by atoms with Gasteiger partial charge in [-0.3, -0.25) is 9.20 Å². The van der Waals surface area contributed by atoms with Crippen molar-refractivity contribution >= 4 is 11.7 Å². The third-order valence-corrected chi connectivity index (χ3v) is 3.96. The summed E-state index contributed by atoms with van der Waals surface area (Å²) in [6.07, 6.45) is 4.97. The van der Waals surface area contributed by atoms with E-state index >= 15 is 0 Å². The third-order valence-electron chi connectivity index (χ3n) is 3.96. The molecule has 22 heavy (non-hydrogen) atoms. The van der Waals surface area contributed by atoms with E-state index in [2.05, 4.69) is 15.3 Å². The lowest BCUT2D eigenvalue weighted by atomic mass is 10.1. The molecule has 2 heterocycles. The van der Waals surface area contributed by atoms with Crippen molar-refractivity contribution in [2.45, 2.75) is 18.6 Å². The Bertz CT molecular complexity index is 825. The fraction of sp³-hybridized carbons (Fsp3) is 0.188. The van der Waals surface area contributed by atoms with E-state index in [9.17, 15) is 9.90 Å². The number of hydrogen-bond acceptors (Lipinski definition) is 4. The topological polar surface area (TPSA) is 79.5 Å². The number of aromatic nitrogens is 3. The molecule has 0 fully saturated rings. The van der Waals surface area contributed by atoms with Crippen LogP contribution in [0.15, 0.2) is 48.9 Å². The zero-order valence-corrected chi connectivity index (χ0v) is 11.7. The number of nitrogens with one attached hydrogen (secondary N) is 1. The first kappa shape index (κ1) is 13.0. The van der Waals surface area contributed by atoms with Crippen molar-refractivity contribution < 1.29 is 9.90 Å². The van der Waals surface area contributed by atoms with Crippen molar-refractivity contribution in [3.63, 3.8) is 0 Å². The van der Waals surface area contributed by atoms with Crippen molar-refractivity contribution in [3.8, 4) is 0 Å². The highest BCUT2D eigenvalue weighted by atomic mass is 16.3. The average molecular weight is 294 g/mol. The number of aliphatic hydroxyl groups is 1. The summed E-state index contributed by atoms with van der Waals surface area (Å²) in [5.41, 5.74) is 2.32. The standard InChI is InChI=1S/C16H14N4O2/c21-13-8-10-4-1-2-5-11(10)14(13)19-15(22)12-9-20-7-3-6-17-16(20)18-12/h1-7,9,13-14,21H,8H2,(H,19,22). The highest BCUT2D eigenvalue weighted by Gasteiger charge is 2.32. The first-order valence-electron chi connectivity index (χ1n) is 7.09. The molecule has 0 saturated carbocycles. The Kier molecular flexibility index (Phi) is 2.90. The molecule has 0 saturated heterocycles. The zero-order chi connectivity index (χ0) is 15.1. The average Bonchev–Trinajstić information content (AvgIpc) is 3.09. The number of fused-ring (bicyclic) bond motifs is 2. The second kappa shape index (κ2) is 4.92. The van der Waals surface area contributed by atoms with E-state index in [-0.39, 0.29) is 11.6 Å². The number of hydrogen-bond donors (Lipinski definition) is 2. The largest absolute Gasteiger partial charge is 0.390 e. The maximum Gasteiger partial charge on any atom is 0.272 e. The zero-order valence-electron chi connectivity index (χ0n) is 11.7. The van der Waals surface area contributed by atoms with Gasteiger partial charge < -0.3 is 10.4 Å². The van der Waals surface area contributed by atoms with Crippen LogP contribution in [0.2, 0.25) is 0 Å². The predicted octanol–water partition coefficient (Wildman–Crippen LogP) is 1.12. The molecule has 1 aliphatic rings. The molecule has 2 unspecified atom stereocenters. The number of amides is 1. The van der Waals surface area contributed by atoms with Gasteiger partial charge in [0.15, 0.2) is 0 Å². The Hall–Kier alpha value is -2.73. The van der Waals surface area contributed by atoms with Gasteiger partial charge in [0.25, 0.3) is 5.91 Å². The van der Waals surface area contributed by atoms with Gasteiger partial charge in [0.1, 0.15) is 5.69 Å². The van der Waals surface area contributed by atoms with E-state index in [0.29, 0.717) is 12.2 Å². The van der Waals surface area contributed by atoms with Gasteiger partial charge in [0.05, 0.1) is 12.1 Å². The molecule has 6 heteroatoms. The number of aliphatic hydroxyl groups excluding tert-OH is 1. The molecule has 3 aromatic rings. The van der Waals surface area contributed by atoms with E-state index in [0.717, 1.165) is 11.1 Å². The van der Waals surface area contributed by atoms with Crippen LogP contribution < -0.4 is 5.32 Å². The SMILES string of the molecule is O=C(NC1c2ccccc2CC1O)c1cn2cccnc2n1. The predicted molar refractivity (Wildman–Crippen MR) is 79.3 cm³/mol. The van der Waals surface area contributed by atoms with Crippen LogP contribution in [0.5, 0.6) is 0 Å². The van der Waals surface area contributed by atoms with Crippen molar-refractivity contribution in [1.29, 1.82) is 0 Å². The third kappa shape index (κ3) is 2.05. The molecular formula is C16H14N4O2. The van der Waals surface area contributed by atoms with Gasteiger partial charge in [-0.15, -0.1) is 0 Å². The second-order valence-corrected chi connectivity index (χ2v) is 5.37. The van der Waals surface area contributed by atoms with Crippen LogP contribution in [0.3, 0.4) is 0 Å². The van der Waals surface area contributed by atoms with E-state index in [1.165, 1.54) is 0 Å². The quantitative estimate of drug-likeness (QED) is 0.742. The number of nitrogens with zero attached hydrogens (tertiary/aromatic N) is 3. The van der Waals surface area contributed by atoms with Gasteiger partial charge in [-0.2, -0.15) is 0 Å². The summed E-state index contributed by atoms with van der Waals surface area (Å²) in [5.74, 6) is 0.159. The van der Waals surface area contributed by atoms with Crippen LogP contribution in [0.1, 0.15) is 27.7 Å². The van der Waals surface area contributed by atoms with Crippen LogP contribution >= 0.6 is 0 Å². The molecule has 1 aromatic carbocycles. The van der Waals surface area contributed by atoms with Crippen LogP contribution in [0, 0.1) is 0 Å². The van der Waals surface area contributed by atoms with Crippen LogP contribution in [-0.2, 0) is 6.42 Å². The van der Waals surface area contributed by atoms with Gasteiger partial charge in [0, 0.05) is 25.0 Å². The van der Waals surface area contributed by atoms with Crippen molar-refractivity contribution in [2.75, 3.05) is 0 Å². The van der Waals surface area contributed by atoms with Crippen molar-refractivity contribution in [3.05, 3.63) is 65.7 Å². The Morgan fingerprint density at radius 1 is 1.32 bits per heavy atom. The molecule has 2 aromatic heterocycles. The first-order valence-corrected chi connectivity index (χ1v) is 7.09. The molecule has 0 radical (unpaired) electrons. The van der Waals surface area contributed by atoms with Gasteiger partial charge in [-0.05, 0) is 17.2 Å². The fourth-order valence-electron chi connectivity index (χ4n) is 2.90. The molecule has 1 amide bonds.